The second kappa shape index (κ2) is 4.92. The molecule has 0 bridgehead atoms. The number of hydrogen-bond acceptors (Lipinski definition) is 4. The summed E-state index contributed by atoms with van der Waals surface area (Å²) in [6, 6.07) is 2.89. The van der Waals surface area contributed by atoms with Gasteiger partial charge in [-0.05, 0) is 18.6 Å². The molecule has 1 aliphatic heterocycles. The molecular weight excluding hydrogens is 224 g/mol. The number of nitrogens with zero attached hydrogens (tertiary/aromatic N) is 1. The summed E-state index contributed by atoms with van der Waals surface area (Å²) in [7, 11) is 0. The van der Waals surface area contributed by atoms with E-state index in [2.05, 4.69) is 10.3 Å². The van der Waals surface area contributed by atoms with Crippen LogP contribution in [0.5, 0.6) is 0 Å². The zero-order chi connectivity index (χ0) is 12.3. The fourth-order valence-corrected chi connectivity index (χ4v) is 1.61. The van der Waals surface area contributed by atoms with Crippen LogP contribution in [0.2, 0.25) is 0 Å². The number of pyridine rings is 1. The van der Waals surface area contributed by atoms with E-state index in [4.69, 9.17) is 9.84 Å². The lowest BCUT2D eigenvalue weighted by Crippen LogP contribution is -2.23. The molecule has 6 nitrogen and oxygen atoms in total. The maximum Gasteiger partial charge on any atom is 0.354 e. The predicted molar refractivity (Wildman–Crippen MR) is 58.8 cm³/mol. The molecule has 0 aliphatic carbocycles. The molecule has 2 rings (SSSR count). The lowest BCUT2D eigenvalue weighted by Gasteiger charge is -2.09. The number of carbonyl (C=O) groups is 2. The first-order chi connectivity index (χ1) is 8.16. The number of ether oxygens (including phenoxy) is 1. The monoisotopic (exact) mass is 236 g/mol. The van der Waals surface area contributed by atoms with E-state index in [9.17, 15) is 9.59 Å². The van der Waals surface area contributed by atoms with Gasteiger partial charge in [0.05, 0.1) is 12.5 Å². The van der Waals surface area contributed by atoms with E-state index >= 15 is 0 Å². The molecule has 1 saturated heterocycles. The Labute approximate surface area is 97.6 Å². The van der Waals surface area contributed by atoms with Gasteiger partial charge >= 0.3 is 5.97 Å². The third-order valence-electron chi connectivity index (χ3n) is 2.55. The first-order valence-corrected chi connectivity index (χ1v) is 5.25. The van der Waals surface area contributed by atoms with Crippen molar-refractivity contribution in [2.24, 2.45) is 5.92 Å². The van der Waals surface area contributed by atoms with E-state index in [0.29, 0.717) is 25.3 Å². The molecule has 1 amide bonds. The van der Waals surface area contributed by atoms with Crippen molar-refractivity contribution in [1.29, 1.82) is 0 Å². The Morgan fingerprint density at radius 3 is 3.00 bits per heavy atom. The number of rotatable bonds is 3. The van der Waals surface area contributed by atoms with Crippen LogP contribution in [0.25, 0.3) is 0 Å². The van der Waals surface area contributed by atoms with E-state index in [0.717, 1.165) is 0 Å². The van der Waals surface area contributed by atoms with Crippen molar-refractivity contribution in [3.8, 4) is 0 Å². The van der Waals surface area contributed by atoms with Crippen LogP contribution in [-0.2, 0) is 9.53 Å². The summed E-state index contributed by atoms with van der Waals surface area (Å²) < 4.78 is 5.11. The van der Waals surface area contributed by atoms with Crippen LogP contribution in [0.15, 0.2) is 18.3 Å². The van der Waals surface area contributed by atoms with Gasteiger partial charge in [0.15, 0.2) is 0 Å². The Bertz CT molecular complexity index is 441. The summed E-state index contributed by atoms with van der Waals surface area (Å²) in [4.78, 5) is 26.1. The lowest BCUT2D eigenvalue weighted by molar-refractivity contribution is -0.119. The molecule has 1 aliphatic rings. The number of nitrogens with one attached hydrogen (secondary N) is 1. The van der Waals surface area contributed by atoms with Crippen molar-refractivity contribution in [1.82, 2.24) is 4.98 Å². The summed E-state index contributed by atoms with van der Waals surface area (Å²) in [6.45, 7) is 1.01. The Balaban J connectivity index is 2.05. The first-order valence-electron chi connectivity index (χ1n) is 5.25. The quantitative estimate of drug-likeness (QED) is 0.808. The Morgan fingerprint density at radius 2 is 2.35 bits per heavy atom. The minimum Gasteiger partial charge on any atom is -0.477 e. The van der Waals surface area contributed by atoms with E-state index < -0.39 is 5.97 Å². The van der Waals surface area contributed by atoms with Crippen LogP contribution >= 0.6 is 0 Å². The van der Waals surface area contributed by atoms with E-state index in [1.165, 1.54) is 12.3 Å². The molecule has 1 atom stereocenters. The Morgan fingerprint density at radius 1 is 1.53 bits per heavy atom. The molecule has 0 spiro atoms. The van der Waals surface area contributed by atoms with E-state index in [-0.39, 0.29) is 17.5 Å². The van der Waals surface area contributed by atoms with Gasteiger partial charge in [0.2, 0.25) is 5.91 Å². The molecule has 1 unspecified atom stereocenters. The molecule has 2 N–H and O–H groups in total. The minimum atomic E-state index is -1.12. The average Bonchev–Trinajstić information content (AvgIpc) is 2.82. The maximum absolute atomic E-state index is 11.7. The van der Waals surface area contributed by atoms with Gasteiger partial charge in [0.25, 0.3) is 0 Å². The fourth-order valence-electron chi connectivity index (χ4n) is 1.61. The summed E-state index contributed by atoms with van der Waals surface area (Å²) >= 11 is 0. The molecule has 1 fully saturated rings. The molecular formula is C11H12N2O4. The molecule has 0 aromatic carbocycles. The highest BCUT2D eigenvalue weighted by Crippen LogP contribution is 2.16. The lowest BCUT2D eigenvalue weighted by atomic mass is 10.1. The number of aromatic carboxylic acids is 1. The number of amides is 1. The van der Waals surface area contributed by atoms with Crippen molar-refractivity contribution in [3.05, 3.63) is 24.0 Å². The maximum atomic E-state index is 11.7. The average molecular weight is 236 g/mol. The summed E-state index contributed by atoms with van der Waals surface area (Å²) in [6.07, 6.45) is 2.05. The van der Waals surface area contributed by atoms with Gasteiger partial charge in [-0.3, -0.25) is 4.79 Å². The second-order valence-electron chi connectivity index (χ2n) is 3.78. The number of aromatic nitrogens is 1. The normalized spacial score (nSPS) is 18.9. The number of hydrogen-bond donors (Lipinski definition) is 2. The molecule has 6 heteroatoms. The molecule has 2 heterocycles. The molecule has 90 valence electrons. The number of carboxylic acid groups (broad SMARTS) is 1. The van der Waals surface area contributed by atoms with Crippen molar-refractivity contribution >= 4 is 17.6 Å². The van der Waals surface area contributed by atoms with Gasteiger partial charge in [0.1, 0.15) is 5.69 Å². The van der Waals surface area contributed by atoms with Gasteiger partial charge in [-0.2, -0.15) is 0 Å². The number of carbonyl (C=O) groups excluding carboxylic acids is 1. The highest BCUT2D eigenvalue weighted by Gasteiger charge is 2.23. The Kier molecular flexibility index (Phi) is 3.34. The van der Waals surface area contributed by atoms with Crippen molar-refractivity contribution in [2.75, 3.05) is 18.5 Å². The molecule has 0 radical (unpaired) electrons. The van der Waals surface area contributed by atoms with Gasteiger partial charge in [-0.15, -0.1) is 0 Å². The van der Waals surface area contributed by atoms with Gasteiger partial charge in [-0.25, -0.2) is 9.78 Å². The zero-order valence-corrected chi connectivity index (χ0v) is 9.05. The number of anilines is 1. The third-order valence-corrected chi connectivity index (χ3v) is 2.55. The molecule has 17 heavy (non-hydrogen) atoms. The van der Waals surface area contributed by atoms with Crippen LogP contribution in [0.4, 0.5) is 5.69 Å². The molecule has 1 aromatic heterocycles. The van der Waals surface area contributed by atoms with E-state index in [1.54, 1.807) is 6.07 Å². The predicted octanol–water partition coefficient (Wildman–Crippen LogP) is 0.755. The van der Waals surface area contributed by atoms with E-state index in [1.807, 2.05) is 0 Å². The Hall–Kier alpha value is -1.95. The first kappa shape index (κ1) is 11.5. The zero-order valence-electron chi connectivity index (χ0n) is 9.05. The van der Waals surface area contributed by atoms with Crippen LogP contribution in [0, 0.1) is 5.92 Å². The van der Waals surface area contributed by atoms with Gasteiger partial charge in [-0.1, -0.05) is 0 Å². The highest BCUT2D eigenvalue weighted by molar-refractivity contribution is 5.94. The van der Waals surface area contributed by atoms with Gasteiger partial charge in [0, 0.05) is 18.5 Å². The second-order valence-corrected chi connectivity index (χ2v) is 3.78. The van der Waals surface area contributed by atoms with Crippen LogP contribution < -0.4 is 5.32 Å². The fraction of sp³-hybridized carbons (Fsp3) is 0.364. The van der Waals surface area contributed by atoms with Gasteiger partial charge < -0.3 is 15.2 Å². The van der Waals surface area contributed by atoms with Crippen LogP contribution in [-0.4, -0.2) is 35.2 Å². The topological polar surface area (TPSA) is 88.5 Å². The SMILES string of the molecule is O=C(O)c1cc(NC(=O)C2CCOC2)ccn1. The summed E-state index contributed by atoms with van der Waals surface area (Å²) in [5.74, 6) is -1.42. The van der Waals surface area contributed by atoms with Crippen molar-refractivity contribution in [3.63, 3.8) is 0 Å². The summed E-state index contributed by atoms with van der Waals surface area (Å²) in [5, 5.41) is 11.4. The van der Waals surface area contributed by atoms with Crippen molar-refractivity contribution < 1.29 is 19.4 Å². The smallest absolute Gasteiger partial charge is 0.354 e. The largest absolute Gasteiger partial charge is 0.477 e. The number of carboxylic acids is 1. The van der Waals surface area contributed by atoms with Crippen LogP contribution in [0.1, 0.15) is 16.9 Å². The molecule has 1 aromatic rings. The molecule has 0 saturated carbocycles. The standard InChI is InChI=1S/C11H12N2O4/c14-10(7-2-4-17-6-7)13-8-1-3-12-9(5-8)11(15)16/h1,3,5,7H,2,4,6H2,(H,15,16)(H,12,13,14). The minimum absolute atomic E-state index is 0.0922. The van der Waals surface area contributed by atoms with Crippen molar-refractivity contribution in [2.45, 2.75) is 6.42 Å². The third kappa shape index (κ3) is 2.79. The van der Waals surface area contributed by atoms with Crippen LogP contribution in [0.3, 0.4) is 0 Å². The summed E-state index contributed by atoms with van der Waals surface area (Å²) in [5.41, 5.74) is 0.347. The highest BCUT2D eigenvalue weighted by atomic mass is 16.5.